The normalized spacial score (nSPS) is 16.9. The van der Waals surface area contributed by atoms with Gasteiger partial charge in [-0.15, -0.1) is 0 Å². The van der Waals surface area contributed by atoms with Crippen molar-refractivity contribution in [1.82, 2.24) is 19.2 Å². The first-order valence-electron chi connectivity index (χ1n) is 10.6. The molecule has 7 nitrogen and oxygen atoms in total. The first kappa shape index (κ1) is 24.7. The van der Waals surface area contributed by atoms with Crippen LogP contribution in [0.2, 0.25) is 0 Å². The van der Waals surface area contributed by atoms with Gasteiger partial charge in [0.05, 0.1) is 5.56 Å². The molecule has 3 aromatic rings. The van der Waals surface area contributed by atoms with Crippen LogP contribution < -0.4 is 5.32 Å². The standard InChI is InChI=1S/C21H19F7N6O/c22-15(23)10-33-8-13(18(32-33)19(24)25)20(35)30-12-6-4-11(5-7-12)29-16-2-1-3-17-31-14(9-34(16)17)21(26,27)28/h1-3,8-9,11,15,19,29H,4-7,10H2. The van der Waals surface area contributed by atoms with Gasteiger partial charge in [-0.25, -0.2) is 27.5 Å². The molecule has 0 aliphatic heterocycles. The number of aromatic nitrogens is 4. The molecule has 35 heavy (non-hydrogen) atoms. The fraction of sp³-hybridized carbons (Fsp3) is 0.429. The predicted octanol–water partition coefficient (Wildman–Crippen LogP) is 5.39. The zero-order valence-corrected chi connectivity index (χ0v) is 17.9. The van der Waals surface area contributed by atoms with E-state index in [1.807, 2.05) is 0 Å². The summed E-state index contributed by atoms with van der Waals surface area (Å²) in [6.07, 6.45) is -7.15. The van der Waals surface area contributed by atoms with Crippen LogP contribution in [0.15, 0.2) is 35.6 Å². The van der Waals surface area contributed by atoms with Gasteiger partial charge in [0.15, 0.2) is 5.69 Å². The van der Waals surface area contributed by atoms with Crippen molar-refractivity contribution in [3.8, 4) is 0 Å². The first-order chi connectivity index (χ1) is 16.5. The summed E-state index contributed by atoms with van der Waals surface area (Å²) in [6.45, 7) is -0.926. The summed E-state index contributed by atoms with van der Waals surface area (Å²) in [5.41, 5.74) is -1.85. The molecule has 1 aliphatic carbocycles. The highest BCUT2D eigenvalue weighted by Gasteiger charge is 2.34. The lowest BCUT2D eigenvalue weighted by molar-refractivity contribution is -0.140. The monoisotopic (exact) mass is 504 g/mol. The Labute approximate surface area is 193 Å². The molecule has 1 N–H and O–H groups in total. The van der Waals surface area contributed by atoms with Crippen molar-refractivity contribution in [3.05, 3.63) is 47.5 Å². The summed E-state index contributed by atoms with van der Waals surface area (Å²) < 4.78 is 92.4. The molecule has 14 heteroatoms. The van der Waals surface area contributed by atoms with Crippen LogP contribution in [0.25, 0.3) is 5.65 Å². The van der Waals surface area contributed by atoms with Crippen molar-refractivity contribution in [2.45, 2.75) is 57.3 Å². The smallest absolute Gasteiger partial charge is 0.368 e. The van der Waals surface area contributed by atoms with Gasteiger partial charge in [-0.2, -0.15) is 18.3 Å². The third-order valence-corrected chi connectivity index (χ3v) is 5.51. The Morgan fingerprint density at radius 3 is 2.49 bits per heavy atom. The second kappa shape index (κ2) is 9.66. The zero-order chi connectivity index (χ0) is 25.3. The molecule has 1 saturated carbocycles. The van der Waals surface area contributed by atoms with Gasteiger partial charge in [-0.1, -0.05) is 6.07 Å². The maximum absolute atomic E-state index is 13.2. The van der Waals surface area contributed by atoms with E-state index < -0.39 is 48.4 Å². The number of alkyl halides is 7. The lowest BCUT2D eigenvalue weighted by Gasteiger charge is -2.25. The Hall–Kier alpha value is -3.45. The average Bonchev–Trinajstić information content (AvgIpc) is 3.40. The average molecular weight is 504 g/mol. The number of aliphatic imine (C=N–C) groups is 1. The number of fused-ring (bicyclic) bond motifs is 1. The largest absolute Gasteiger partial charge is 0.434 e. The summed E-state index contributed by atoms with van der Waals surface area (Å²) >= 11 is 0. The molecule has 0 saturated heterocycles. The summed E-state index contributed by atoms with van der Waals surface area (Å²) in [7, 11) is 0. The number of nitrogens with one attached hydrogen (secondary N) is 1. The van der Waals surface area contributed by atoms with Crippen molar-refractivity contribution in [1.29, 1.82) is 0 Å². The van der Waals surface area contributed by atoms with E-state index >= 15 is 0 Å². The Bertz CT molecular complexity index is 1240. The number of halogens is 7. The van der Waals surface area contributed by atoms with Crippen LogP contribution >= 0.6 is 0 Å². The predicted molar refractivity (Wildman–Crippen MR) is 111 cm³/mol. The molecule has 188 valence electrons. The number of nitrogens with zero attached hydrogens (tertiary/aromatic N) is 5. The van der Waals surface area contributed by atoms with Gasteiger partial charge in [0.25, 0.3) is 18.8 Å². The SMILES string of the molecule is O=C(N=C1CCC(Nc2cccc3nc(C(F)(F)F)cn23)CC1)c1cn(CC(F)F)nc1C(F)F. The van der Waals surface area contributed by atoms with Crippen LogP contribution in [0.1, 0.15) is 53.9 Å². The lowest BCUT2D eigenvalue weighted by Crippen LogP contribution is -2.27. The maximum atomic E-state index is 13.2. The molecule has 1 amide bonds. The van der Waals surface area contributed by atoms with Crippen molar-refractivity contribution in [3.63, 3.8) is 0 Å². The highest BCUT2D eigenvalue weighted by atomic mass is 19.4. The van der Waals surface area contributed by atoms with E-state index in [1.165, 1.54) is 10.5 Å². The number of carbonyl (C=O) groups excluding carboxylic acids is 1. The molecule has 0 radical (unpaired) electrons. The van der Waals surface area contributed by atoms with Gasteiger partial charge in [0.2, 0.25) is 0 Å². The number of hydrogen-bond acceptors (Lipinski definition) is 4. The maximum Gasteiger partial charge on any atom is 0.434 e. The van der Waals surface area contributed by atoms with Crippen molar-refractivity contribution >= 4 is 23.1 Å². The number of pyridine rings is 1. The van der Waals surface area contributed by atoms with E-state index in [2.05, 4.69) is 20.4 Å². The number of anilines is 1. The first-order valence-corrected chi connectivity index (χ1v) is 10.6. The Balaban J connectivity index is 1.43. The molecule has 1 fully saturated rings. The van der Waals surface area contributed by atoms with Crippen LogP contribution in [0.5, 0.6) is 0 Å². The fourth-order valence-corrected chi connectivity index (χ4v) is 3.88. The van der Waals surface area contributed by atoms with Gasteiger partial charge in [-0.3, -0.25) is 13.9 Å². The molecule has 1 aliphatic rings. The Morgan fingerprint density at radius 2 is 1.86 bits per heavy atom. The number of carbonyl (C=O) groups is 1. The number of rotatable bonds is 6. The topological polar surface area (TPSA) is 76.6 Å². The minimum absolute atomic E-state index is 0.133. The number of imidazole rings is 1. The van der Waals surface area contributed by atoms with E-state index in [0.29, 0.717) is 41.9 Å². The summed E-state index contributed by atoms with van der Waals surface area (Å²) in [5.74, 6) is -0.565. The summed E-state index contributed by atoms with van der Waals surface area (Å²) in [5, 5.41) is 6.55. The van der Waals surface area contributed by atoms with E-state index in [4.69, 9.17) is 0 Å². The van der Waals surface area contributed by atoms with Gasteiger partial charge in [-0.05, 0) is 37.8 Å². The quantitative estimate of drug-likeness (QED) is 0.457. The van der Waals surface area contributed by atoms with Crippen LogP contribution in [0, 0.1) is 0 Å². The Kier molecular flexibility index (Phi) is 6.81. The molecule has 3 heterocycles. The number of amides is 1. The number of hydrogen-bond donors (Lipinski definition) is 1. The summed E-state index contributed by atoms with van der Waals surface area (Å²) in [6, 6.07) is 4.50. The minimum atomic E-state index is -4.58. The van der Waals surface area contributed by atoms with E-state index in [0.717, 1.165) is 12.4 Å². The summed E-state index contributed by atoms with van der Waals surface area (Å²) in [4.78, 5) is 19.9. The van der Waals surface area contributed by atoms with E-state index in [-0.39, 0.29) is 11.7 Å². The van der Waals surface area contributed by atoms with Crippen molar-refractivity contribution < 1.29 is 35.5 Å². The zero-order valence-electron chi connectivity index (χ0n) is 17.9. The van der Waals surface area contributed by atoms with Crippen molar-refractivity contribution in [2.75, 3.05) is 5.32 Å². The van der Waals surface area contributed by atoms with E-state index in [1.54, 1.807) is 12.1 Å². The van der Waals surface area contributed by atoms with Gasteiger partial charge >= 0.3 is 6.18 Å². The molecular weight excluding hydrogens is 485 g/mol. The minimum Gasteiger partial charge on any atom is -0.368 e. The van der Waals surface area contributed by atoms with Crippen LogP contribution in [-0.2, 0) is 12.7 Å². The highest BCUT2D eigenvalue weighted by Crippen LogP contribution is 2.30. The molecule has 0 spiro atoms. The molecule has 0 unspecified atom stereocenters. The van der Waals surface area contributed by atoms with Gasteiger partial charge in [0, 0.05) is 24.1 Å². The second-order valence-corrected chi connectivity index (χ2v) is 8.01. The molecule has 3 aromatic heterocycles. The van der Waals surface area contributed by atoms with Crippen LogP contribution in [-0.4, -0.2) is 43.3 Å². The van der Waals surface area contributed by atoms with Crippen LogP contribution in [0.4, 0.5) is 36.6 Å². The van der Waals surface area contributed by atoms with Gasteiger partial charge in [0.1, 0.15) is 23.7 Å². The molecule has 0 atom stereocenters. The molecule has 4 rings (SSSR count). The fourth-order valence-electron chi connectivity index (χ4n) is 3.88. The second-order valence-electron chi connectivity index (χ2n) is 8.01. The van der Waals surface area contributed by atoms with Crippen molar-refractivity contribution in [2.24, 2.45) is 4.99 Å². The van der Waals surface area contributed by atoms with E-state index in [9.17, 15) is 35.5 Å². The molecule has 0 aromatic carbocycles. The third kappa shape index (κ3) is 5.62. The highest BCUT2D eigenvalue weighted by molar-refractivity contribution is 6.04. The lowest BCUT2D eigenvalue weighted by atomic mass is 9.93. The molecule has 0 bridgehead atoms. The van der Waals surface area contributed by atoms with Gasteiger partial charge < -0.3 is 5.32 Å². The Morgan fingerprint density at radius 1 is 1.14 bits per heavy atom. The third-order valence-electron chi connectivity index (χ3n) is 5.51. The van der Waals surface area contributed by atoms with Crippen LogP contribution in [0.3, 0.4) is 0 Å². The molecular formula is C21H19F7N6O.